The molecule has 0 aliphatic heterocycles. The number of amides is 1. The number of hydrogen-bond acceptors (Lipinski definition) is 4. The number of ether oxygens (including phenoxy) is 1. The number of rotatable bonds is 7. The lowest BCUT2D eigenvalue weighted by Gasteiger charge is -2.18. The van der Waals surface area contributed by atoms with Crippen molar-refractivity contribution in [3.8, 4) is 0 Å². The van der Waals surface area contributed by atoms with Crippen molar-refractivity contribution < 1.29 is 18.7 Å². The van der Waals surface area contributed by atoms with Crippen LogP contribution in [0.15, 0.2) is 48.5 Å². The fraction of sp³-hybridized carbons (Fsp3) is 0.261. The highest BCUT2D eigenvalue weighted by atomic mass is 35.5. The lowest BCUT2D eigenvalue weighted by Crippen LogP contribution is -2.31. The van der Waals surface area contributed by atoms with E-state index in [2.05, 4.69) is 10.4 Å². The van der Waals surface area contributed by atoms with Gasteiger partial charge in [-0.2, -0.15) is 5.10 Å². The number of hydrogen-bond donors (Lipinski definition) is 1. The Morgan fingerprint density at radius 3 is 2.39 bits per heavy atom. The van der Waals surface area contributed by atoms with Crippen molar-refractivity contribution in [1.82, 2.24) is 15.1 Å². The Morgan fingerprint density at radius 2 is 1.77 bits per heavy atom. The van der Waals surface area contributed by atoms with Crippen molar-refractivity contribution in [3.05, 3.63) is 87.4 Å². The molecular formula is C23H23ClFN3O3. The fourth-order valence-electron chi connectivity index (χ4n) is 3.21. The molecule has 2 aromatic carbocycles. The molecule has 6 nitrogen and oxygen atoms in total. The van der Waals surface area contributed by atoms with E-state index in [4.69, 9.17) is 16.3 Å². The Balaban J connectivity index is 1.84. The predicted molar refractivity (Wildman–Crippen MR) is 115 cm³/mol. The minimum absolute atomic E-state index is 0.109. The maximum absolute atomic E-state index is 13.3. The first kappa shape index (κ1) is 22.5. The van der Waals surface area contributed by atoms with Crippen LogP contribution in [0, 0.1) is 19.7 Å². The average molecular weight is 444 g/mol. The van der Waals surface area contributed by atoms with Gasteiger partial charge in [0.2, 0.25) is 0 Å². The van der Waals surface area contributed by atoms with E-state index in [1.165, 1.54) is 31.4 Å². The van der Waals surface area contributed by atoms with Crippen molar-refractivity contribution in [3.63, 3.8) is 0 Å². The van der Waals surface area contributed by atoms with Gasteiger partial charge in [-0.25, -0.2) is 9.07 Å². The summed E-state index contributed by atoms with van der Waals surface area (Å²) in [6, 6.07) is 12.8. The van der Waals surface area contributed by atoms with Crippen molar-refractivity contribution in [1.29, 1.82) is 0 Å². The SMILES string of the molecule is COC(=O)CC(NC(=O)c1c(C)nn(Cc2ccc(C)cc2)c1Cl)c1ccc(F)cc1. The second kappa shape index (κ2) is 9.75. The second-order valence-corrected chi connectivity index (χ2v) is 7.61. The van der Waals surface area contributed by atoms with Crippen LogP contribution in [0.25, 0.3) is 0 Å². The molecule has 0 spiro atoms. The molecule has 8 heteroatoms. The van der Waals surface area contributed by atoms with E-state index >= 15 is 0 Å². The quantitative estimate of drug-likeness (QED) is 0.550. The molecule has 0 saturated carbocycles. The molecular weight excluding hydrogens is 421 g/mol. The van der Waals surface area contributed by atoms with Crippen LogP contribution >= 0.6 is 11.6 Å². The third kappa shape index (κ3) is 5.49. The zero-order chi connectivity index (χ0) is 22.5. The molecule has 1 amide bonds. The van der Waals surface area contributed by atoms with Gasteiger partial charge in [0, 0.05) is 0 Å². The van der Waals surface area contributed by atoms with Gasteiger partial charge in [-0.05, 0) is 37.1 Å². The van der Waals surface area contributed by atoms with E-state index in [1.54, 1.807) is 11.6 Å². The molecule has 31 heavy (non-hydrogen) atoms. The van der Waals surface area contributed by atoms with Crippen LogP contribution < -0.4 is 5.32 Å². The van der Waals surface area contributed by atoms with Crippen LogP contribution in [0.2, 0.25) is 5.15 Å². The van der Waals surface area contributed by atoms with Gasteiger partial charge in [0.1, 0.15) is 11.0 Å². The van der Waals surface area contributed by atoms with E-state index < -0.39 is 23.7 Å². The summed E-state index contributed by atoms with van der Waals surface area (Å²) < 4.78 is 19.6. The summed E-state index contributed by atoms with van der Waals surface area (Å²) in [6.45, 7) is 4.11. The molecule has 1 aromatic heterocycles. The summed E-state index contributed by atoms with van der Waals surface area (Å²) in [7, 11) is 1.27. The van der Waals surface area contributed by atoms with E-state index in [0.29, 0.717) is 17.8 Å². The van der Waals surface area contributed by atoms with Crippen LogP contribution in [-0.4, -0.2) is 28.8 Å². The van der Waals surface area contributed by atoms with Crippen LogP contribution in [-0.2, 0) is 16.1 Å². The van der Waals surface area contributed by atoms with Crippen molar-refractivity contribution in [2.24, 2.45) is 0 Å². The Kier molecular flexibility index (Phi) is 7.07. The van der Waals surface area contributed by atoms with Gasteiger partial charge in [0.15, 0.2) is 0 Å². The Labute approximate surface area is 185 Å². The molecule has 0 radical (unpaired) electrons. The fourth-order valence-corrected chi connectivity index (χ4v) is 3.53. The van der Waals surface area contributed by atoms with Gasteiger partial charge in [0.05, 0.1) is 37.4 Å². The molecule has 1 atom stereocenters. The van der Waals surface area contributed by atoms with Gasteiger partial charge in [-0.1, -0.05) is 53.6 Å². The third-order valence-electron chi connectivity index (χ3n) is 4.92. The molecule has 0 bridgehead atoms. The lowest BCUT2D eigenvalue weighted by atomic mass is 10.0. The molecule has 0 saturated heterocycles. The van der Waals surface area contributed by atoms with Crippen LogP contribution in [0.1, 0.15) is 45.2 Å². The molecule has 3 aromatic rings. The number of nitrogens with one attached hydrogen (secondary N) is 1. The molecule has 3 rings (SSSR count). The zero-order valence-electron chi connectivity index (χ0n) is 17.5. The number of esters is 1. The summed E-state index contributed by atoms with van der Waals surface area (Å²) in [4.78, 5) is 24.9. The van der Waals surface area contributed by atoms with Gasteiger partial charge in [-0.15, -0.1) is 0 Å². The van der Waals surface area contributed by atoms with Gasteiger partial charge in [-0.3, -0.25) is 9.59 Å². The predicted octanol–water partition coefficient (Wildman–Crippen LogP) is 4.37. The van der Waals surface area contributed by atoms with Gasteiger partial charge < -0.3 is 10.1 Å². The lowest BCUT2D eigenvalue weighted by molar-refractivity contribution is -0.141. The van der Waals surface area contributed by atoms with Crippen molar-refractivity contribution >= 4 is 23.5 Å². The standard InChI is InChI=1S/C23H23ClFN3O3/c1-14-4-6-16(7-5-14)13-28-22(24)21(15(2)27-28)23(30)26-19(12-20(29)31-3)17-8-10-18(25)11-9-17/h4-11,19H,12-13H2,1-3H3,(H,26,30). The third-order valence-corrected chi connectivity index (χ3v) is 5.31. The maximum atomic E-state index is 13.3. The van der Waals surface area contributed by atoms with Gasteiger partial charge in [0.25, 0.3) is 5.91 Å². The highest BCUT2D eigenvalue weighted by Crippen LogP contribution is 2.24. The van der Waals surface area contributed by atoms with E-state index in [9.17, 15) is 14.0 Å². The van der Waals surface area contributed by atoms with Crippen LogP contribution in [0.5, 0.6) is 0 Å². The number of aromatic nitrogens is 2. The zero-order valence-corrected chi connectivity index (χ0v) is 18.2. The van der Waals surface area contributed by atoms with Crippen molar-refractivity contribution in [2.45, 2.75) is 32.9 Å². The number of benzene rings is 2. The largest absolute Gasteiger partial charge is 0.469 e. The Hall–Kier alpha value is -3.19. The molecule has 1 unspecified atom stereocenters. The topological polar surface area (TPSA) is 73.2 Å². The molecule has 162 valence electrons. The minimum atomic E-state index is -0.712. The first-order valence-electron chi connectivity index (χ1n) is 9.70. The highest BCUT2D eigenvalue weighted by molar-refractivity contribution is 6.33. The summed E-state index contributed by atoms with van der Waals surface area (Å²) in [5, 5.41) is 7.40. The summed E-state index contributed by atoms with van der Waals surface area (Å²) >= 11 is 6.49. The highest BCUT2D eigenvalue weighted by Gasteiger charge is 2.25. The summed E-state index contributed by atoms with van der Waals surface area (Å²) in [5.41, 5.74) is 3.40. The average Bonchev–Trinajstić information content (AvgIpc) is 3.02. The van der Waals surface area contributed by atoms with E-state index in [-0.39, 0.29) is 17.1 Å². The number of aryl methyl sites for hydroxylation is 2. The smallest absolute Gasteiger partial charge is 0.307 e. The number of halogens is 2. The molecule has 0 aliphatic rings. The molecule has 0 aliphatic carbocycles. The minimum Gasteiger partial charge on any atom is -0.469 e. The molecule has 1 N–H and O–H groups in total. The van der Waals surface area contributed by atoms with E-state index in [0.717, 1.165) is 11.1 Å². The summed E-state index contributed by atoms with van der Waals surface area (Å²) in [5.74, 6) is -1.40. The first-order valence-corrected chi connectivity index (χ1v) is 10.1. The van der Waals surface area contributed by atoms with Crippen LogP contribution in [0.3, 0.4) is 0 Å². The number of nitrogens with zero attached hydrogens (tertiary/aromatic N) is 2. The maximum Gasteiger partial charge on any atom is 0.307 e. The summed E-state index contributed by atoms with van der Waals surface area (Å²) in [6.07, 6.45) is -0.109. The molecule has 0 fully saturated rings. The normalized spacial score (nSPS) is 11.8. The first-order chi connectivity index (χ1) is 14.8. The number of carbonyl (C=O) groups excluding carboxylic acids is 2. The van der Waals surface area contributed by atoms with E-state index in [1.807, 2.05) is 31.2 Å². The Morgan fingerprint density at radius 1 is 1.13 bits per heavy atom. The van der Waals surface area contributed by atoms with Gasteiger partial charge >= 0.3 is 5.97 Å². The monoisotopic (exact) mass is 443 g/mol. The van der Waals surface area contributed by atoms with Crippen molar-refractivity contribution in [2.75, 3.05) is 7.11 Å². The Bertz CT molecular complexity index is 1080. The number of carbonyl (C=O) groups is 2. The van der Waals surface area contributed by atoms with Crippen LogP contribution in [0.4, 0.5) is 4.39 Å². The molecule has 1 heterocycles. The number of methoxy groups -OCH3 is 1. The second-order valence-electron chi connectivity index (χ2n) is 7.25.